The summed E-state index contributed by atoms with van der Waals surface area (Å²) < 4.78 is 11.2. The molecule has 1 aromatic carbocycles. The molecule has 5 nitrogen and oxygen atoms in total. The maximum Gasteiger partial charge on any atom is 0.316 e. The van der Waals surface area contributed by atoms with E-state index < -0.39 is 28.4 Å². The Balaban J connectivity index is 2.47. The second kappa shape index (κ2) is 6.36. The number of nitrogens with one attached hydrogen (secondary N) is 1. The van der Waals surface area contributed by atoms with Gasteiger partial charge in [0.15, 0.2) is 0 Å². The van der Waals surface area contributed by atoms with Crippen molar-refractivity contribution in [1.82, 2.24) is 0 Å². The SMILES string of the molecule is O=C(O)C[S@](=O)CC(=O)Nc1ccc(Cl)cc1. The minimum Gasteiger partial charge on any atom is -0.481 e. The predicted molar refractivity (Wildman–Crippen MR) is 65.6 cm³/mol. The molecule has 1 atom stereocenters. The summed E-state index contributed by atoms with van der Waals surface area (Å²) in [4.78, 5) is 21.6. The summed E-state index contributed by atoms with van der Waals surface area (Å²) in [5.74, 6) is -2.56. The number of hydrogen-bond donors (Lipinski definition) is 2. The highest BCUT2D eigenvalue weighted by molar-refractivity contribution is 7.86. The lowest BCUT2D eigenvalue weighted by Crippen LogP contribution is -2.23. The third-order valence-electron chi connectivity index (χ3n) is 1.70. The molecule has 0 saturated heterocycles. The van der Waals surface area contributed by atoms with Gasteiger partial charge < -0.3 is 10.4 Å². The van der Waals surface area contributed by atoms with Crippen LogP contribution in [0.15, 0.2) is 24.3 Å². The Hall–Kier alpha value is -1.40. The summed E-state index contributed by atoms with van der Waals surface area (Å²) in [5.41, 5.74) is 0.520. The molecule has 17 heavy (non-hydrogen) atoms. The maximum atomic E-state index is 11.4. The zero-order valence-electron chi connectivity index (χ0n) is 8.68. The summed E-state index contributed by atoms with van der Waals surface area (Å²) in [5, 5.41) is 11.4. The van der Waals surface area contributed by atoms with Crippen LogP contribution in [0.25, 0.3) is 0 Å². The molecule has 0 aliphatic rings. The second-order valence-corrected chi connectivity index (χ2v) is 5.07. The van der Waals surface area contributed by atoms with Crippen LogP contribution in [0.2, 0.25) is 5.02 Å². The van der Waals surface area contributed by atoms with Crippen LogP contribution in [0.3, 0.4) is 0 Å². The van der Waals surface area contributed by atoms with Crippen LogP contribution in [-0.4, -0.2) is 32.7 Å². The summed E-state index contributed by atoms with van der Waals surface area (Å²) in [6, 6.07) is 6.40. The highest BCUT2D eigenvalue weighted by atomic mass is 35.5. The Labute approximate surface area is 105 Å². The molecule has 0 radical (unpaired) electrons. The number of carbonyl (C=O) groups excluding carboxylic acids is 1. The molecular formula is C10H10ClNO4S. The molecule has 0 heterocycles. The van der Waals surface area contributed by atoms with Gasteiger partial charge >= 0.3 is 5.97 Å². The van der Waals surface area contributed by atoms with Crippen molar-refractivity contribution in [2.45, 2.75) is 0 Å². The number of halogens is 1. The van der Waals surface area contributed by atoms with Crippen molar-refractivity contribution in [2.75, 3.05) is 16.8 Å². The number of hydrogen-bond acceptors (Lipinski definition) is 3. The van der Waals surface area contributed by atoms with Gasteiger partial charge in [-0.3, -0.25) is 13.8 Å². The molecule has 0 aromatic heterocycles. The Bertz CT molecular complexity index is 446. The smallest absolute Gasteiger partial charge is 0.316 e. The molecule has 1 amide bonds. The molecule has 0 unspecified atom stereocenters. The number of aliphatic carboxylic acids is 1. The molecule has 92 valence electrons. The van der Waals surface area contributed by atoms with Crippen molar-refractivity contribution in [3.63, 3.8) is 0 Å². The van der Waals surface area contributed by atoms with Crippen LogP contribution >= 0.6 is 11.6 Å². The van der Waals surface area contributed by atoms with Gasteiger partial charge in [-0.15, -0.1) is 0 Å². The van der Waals surface area contributed by atoms with E-state index in [1.807, 2.05) is 0 Å². The molecule has 1 aromatic rings. The summed E-state index contributed by atoms with van der Waals surface area (Å²) in [7, 11) is -1.70. The molecule has 0 spiro atoms. The van der Waals surface area contributed by atoms with Crippen molar-refractivity contribution >= 4 is 40.0 Å². The first-order valence-electron chi connectivity index (χ1n) is 4.59. The van der Waals surface area contributed by atoms with Crippen molar-refractivity contribution in [3.8, 4) is 0 Å². The van der Waals surface area contributed by atoms with Crippen LogP contribution in [0.1, 0.15) is 0 Å². The van der Waals surface area contributed by atoms with Gasteiger partial charge in [-0.2, -0.15) is 0 Å². The first-order valence-corrected chi connectivity index (χ1v) is 6.46. The molecule has 0 saturated carbocycles. The van der Waals surface area contributed by atoms with Gasteiger partial charge in [-0.1, -0.05) is 11.6 Å². The molecule has 0 aliphatic carbocycles. The lowest BCUT2D eigenvalue weighted by Gasteiger charge is -2.04. The van der Waals surface area contributed by atoms with Gasteiger partial charge in [-0.25, -0.2) is 0 Å². The third kappa shape index (κ3) is 5.46. The van der Waals surface area contributed by atoms with Crippen molar-refractivity contribution < 1.29 is 18.9 Å². The second-order valence-electron chi connectivity index (χ2n) is 3.18. The van der Waals surface area contributed by atoms with Crippen LogP contribution in [0.4, 0.5) is 5.69 Å². The number of amides is 1. The molecule has 7 heteroatoms. The minimum atomic E-state index is -1.70. The van der Waals surface area contributed by atoms with Crippen molar-refractivity contribution in [3.05, 3.63) is 29.3 Å². The number of anilines is 1. The average Bonchev–Trinajstić information content (AvgIpc) is 2.19. The molecule has 1 rings (SSSR count). The number of carbonyl (C=O) groups is 2. The fraction of sp³-hybridized carbons (Fsp3) is 0.200. The van der Waals surface area contributed by atoms with E-state index in [1.165, 1.54) is 0 Å². The van der Waals surface area contributed by atoms with E-state index in [1.54, 1.807) is 24.3 Å². The quantitative estimate of drug-likeness (QED) is 0.843. The van der Waals surface area contributed by atoms with Crippen LogP contribution in [0.5, 0.6) is 0 Å². The predicted octanol–water partition coefficient (Wildman–Crippen LogP) is 1.11. The Morgan fingerprint density at radius 2 is 1.82 bits per heavy atom. The normalized spacial score (nSPS) is 11.8. The van der Waals surface area contributed by atoms with Gasteiger partial charge in [0.1, 0.15) is 11.5 Å². The Kier molecular flexibility index (Phi) is 5.11. The molecule has 0 aliphatic heterocycles. The average molecular weight is 276 g/mol. The van der Waals surface area contributed by atoms with E-state index >= 15 is 0 Å². The van der Waals surface area contributed by atoms with E-state index in [-0.39, 0.29) is 5.75 Å². The Morgan fingerprint density at radius 1 is 1.24 bits per heavy atom. The zero-order valence-corrected chi connectivity index (χ0v) is 10.3. The van der Waals surface area contributed by atoms with Gasteiger partial charge in [0, 0.05) is 21.5 Å². The van der Waals surface area contributed by atoms with E-state index in [9.17, 15) is 13.8 Å². The largest absolute Gasteiger partial charge is 0.481 e. The monoisotopic (exact) mass is 275 g/mol. The van der Waals surface area contributed by atoms with Gasteiger partial charge in [0.05, 0.1) is 0 Å². The highest BCUT2D eigenvalue weighted by Gasteiger charge is 2.11. The highest BCUT2D eigenvalue weighted by Crippen LogP contribution is 2.13. The number of rotatable bonds is 5. The zero-order chi connectivity index (χ0) is 12.8. The lowest BCUT2D eigenvalue weighted by molar-refractivity contribution is -0.133. The standard InChI is InChI=1S/C10H10ClNO4S/c11-7-1-3-8(4-2-7)12-9(13)5-17(16)6-10(14)15/h1-4H,5-6H2,(H,12,13)(H,14,15)/t17-/m1/s1. The van der Waals surface area contributed by atoms with E-state index in [0.717, 1.165) is 0 Å². The van der Waals surface area contributed by atoms with Crippen LogP contribution in [0, 0.1) is 0 Å². The molecule has 0 bridgehead atoms. The number of carboxylic acid groups (broad SMARTS) is 1. The minimum absolute atomic E-state index is 0.338. The molecule has 0 fully saturated rings. The van der Waals surface area contributed by atoms with E-state index in [2.05, 4.69) is 5.32 Å². The molecular weight excluding hydrogens is 266 g/mol. The van der Waals surface area contributed by atoms with Gasteiger partial charge in [-0.05, 0) is 24.3 Å². The first kappa shape index (κ1) is 13.7. The number of benzene rings is 1. The van der Waals surface area contributed by atoms with Crippen molar-refractivity contribution in [1.29, 1.82) is 0 Å². The van der Waals surface area contributed by atoms with Gasteiger partial charge in [0.25, 0.3) is 0 Å². The molecule has 2 N–H and O–H groups in total. The first-order chi connectivity index (χ1) is 7.97. The maximum absolute atomic E-state index is 11.4. The van der Waals surface area contributed by atoms with E-state index in [4.69, 9.17) is 16.7 Å². The number of carboxylic acids is 1. The topological polar surface area (TPSA) is 83.5 Å². The van der Waals surface area contributed by atoms with E-state index in [0.29, 0.717) is 10.7 Å². The summed E-state index contributed by atoms with van der Waals surface area (Å²) >= 11 is 5.66. The Morgan fingerprint density at radius 3 is 2.35 bits per heavy atom. The fourth-order valence-corrected chi connectivity index (χ4v) is 1.93. The fourth-order valence-electron chi connectivity index (χ4n) is 1.07. The summed E-state index contributed by atoms with van der Waals surface area (Å²) in [6.45, 7) is 0. The summed E-state index contributed by atoms with van der Waals surface area (Å²) in [6.07, 6.45) is 0. The van der Waals surface area contributed by atoms with Crippen LogP contribution in [-0.2, 0) is 20.4 Å². The van der Waals surface area contributed by atoms with Crippen molar-refractivity contribution in [2.24, 2.45) is 0 Å². The van der Waals surface area contributed by atoms with Gasteiger partial charge in [0.2, 0.25) is 5.91 Å². The lowest BCUT2D eigenvalue weighted by atomic mass is 10.3. The third-order valence-corrected chi connectivity index (χ3v) is 3.11. The van der Waals surface area contributed by atoms with Crippen LogP contribution < -0.4 is 5.32 Å².